The molecular formula is C6H10ClF2N. The van der Waals surface area contributed by atoms with Crippen LogP contribution in [-0.4, -0.2) is 19.5 Å². The molecule has 0 aromatic rings. The predicted molar refractivity (Wildman–Crippen MR) is 38.5 cm³/mol. The second-order valence-electron chi connectivity index (χ2n) is 1.98. The van der Waals surface area contributed by atoms with Gasteiger partial charge >= 0.3 is 0 Å². The molecule has 1 nitrogen and oxygen atoms in total. The third kappa shape index (κ3) is 5.98. The maximum atomic E-state index is 11.5. The lowest BCUT2D eigenvalue weighted by molar-refractivity contribution is 0.147. The van der Waals surface area contributed by atoms with Crippen LogP contribution in [0.1, 0.15) is 6.92 Å². The van der Waals surface area contributed by atoms with Gasteiger partial charge in [-0.25, -0.2) is 8.78 Å². The first-order valence-corrected chi connectivity index (χ1v) is 3.35. The molecule has 0 unspecified atom stereocenters. The molecule has 0 saturated carbocycles. The molecule has 4 heteroatoms. The fourth-order valence-electron chi connectivity index (χ4n) is 0.417. The van der Waals surface area contributed by atoms with Crippen LogP contribution in [0.25, 0.3) is 0 Å². The smallest absolute Gasteiger partial charge is 0.250 e. The minimum absolute atomic E-state index is 0.276. The van der Waals surface area contributed by atoms with Crippen molar-refractivity contribution < 1.29 is 8.78 Å². The molecule has 0 saturated heterocycles. The lowest BCUT2D eigenvalue weighted by Crippen LogP contribution is -2.22. The van der Waals surface area contributed by atoms with Gasteiger partial charge in [0.2, 0.25) is 0 Å². The number of hydrogen-bond donors (Lipinski definition) is 1. The summed E-state index contributed by atoms with van der Waals surface area (Å²) in [5, 5.41) is 2.53. The molecule has 0 fully saturated rings. The first kappa shape index (κ1) is 9.85. The maximum Gasteiger partial charge on any atom is 0.250 e. The van der Waals surface area contributed by atoms with Crippen LogP contribution in [-0.2, 0) is 0 Å². The molecule has 0 radical (unpaired) electrons. The summed E-state index contributed by atoms with van der Waals surface area (Å²) in [6.45, 7) is 1.92. The fraction of sp³-hybridized carbons (Fsp3) is 0.667. The zero-order chi connectivity index (χ0) is 7.98. The number of rotatable bonds is 4. The molecule has 0 aromatic heterocycles. The van der Waals surface area contributed by atoms with Crippen molar-refractivity contribution >= 4 is 11.6 Å². The standard InChI is InChI=1S/C6H10ClF2N/c1-5(2-7)3-10-4-6(8)9/h2,6,10H,3-4H2,1H3. The van der Waals surface area contributed by atoms with E-state index in [0.29, 0.717) is 6.54 Å². The Bertz CT molecular complexity index is 114. The van der Waals surface area contributed by atoms with Gasteiger partial charge in [-0.05, 0) is 12.5 Å². The Morgan fingerprint density at radius 2 is 2.30 bits per heavy atom. The Hall–Kier alpha value is -0.150. The lowest BCUT2D eigenvalue weighted by Gasteiger charge is -2.01. The topological polar surface area (TPSA) is 12.0 Å². The van der Waals surface area contributed by atoms with Crippen LogP contribution in [0.4, 0.5) is 8.78 Å². The molecule has 0 amide bonds. The minimum atomic E-state index is -2.29. The summed E-state index contributed by atoms with van der Waals surface area (Å²) < 4.78 is 22.9. The summed E-state index contributed by atoms with van der Waals surface area (Å²) in [7, 11) is 0. The summed E-state index contributed by atoms with van der Waals surface area (Å²) in [6.07, 6.45) is -2.29. The molecule has 0 spiro atoms. The van der Waals surface area contributed by atoms with Gasteiger partial charge in [-0.3, -0.25) is 0 Å². The number of alkyl halides is 2. The van der Waals surface area contributed by atoms with E-state index in [9.17, 15) is 8.78 Å². The molecule has 1 N–H and O–H groups in total. The van der Waals surface area contributed by atoms with Crippen molar-refractivity contribution in [2.45, 2.75) is 13.3 Å². The lowest BCUT2D eigenvalue weighted by atomic mass is 10.3. The SMILES string of the molecule is CC(=CCl)CNCC(F)F. The molecule has 0 aromatic carbocycles. The van der Waals surface area contributed by atoms with E-state index in [1.54, 1.807) is 6.92 Å². The summed E-state index contributed by atoms with van der Waals surface area (Å²) >= 11 is 5.28. The summed E-state index contributed by atoms with van der Waals surface area (Å²) in [5.74, 6) is 0. The predicted octanol–water partition coefficient (Wildman–Crippen LogP) is 1.98. The zero-order valence-electron chi connectivity index (χ0n) is 5.70. The van der Waals surface area contributed by atoms with Gasteiger partial charge in [0, 0.05) is 12.1 Å². The van der Waals surface area contributed by atoms with E-state index < -0.39 is 6.43 Å². The Balaban J connectivity index is 3.20. The van der Waals surface area contributed by atoms with E-state index in [4.69, 9.17) is 11.6 Å². The molecule has 0 aliphatic heterocycles. The monoisotopic (exact) mass is 169 g/mol. The number of nitrogens with one attached hydrogen (secondary N) is 1. The van der Waals surface area contributed by atoms with Gasteiger partial charge in [-0.15, -0.1) is 0 Å². The van der Waals surface area contributed by atoms with E-state index in [1.165, 1.54) is 5.54 Å². The number of hydrogen-bond acceptors (Lipinski definition) is 1. The Morgan fingerprint density at radius 3 is 2.70 bits per heavy atom. The van der Waals surface area contributed by atoms with Crippen LogP contribution in [0.2, 0.25) is 0 Å². The highest BCUT2D eigenvalue weighted by Gasteiger charge is 1.99. The van der Waals surface area contributed by atoms with E-state index >= 15 is 0 Å². The molecule has 0 aliphatic rings. The largest absolute Gasteiger partial charge is 0.308 e. The summed E-state index contributed by atoms with van der Waals surface area (Å²) in [5.41, 5.74) is 2.22. The second-order valence-corrected chi connectivity index (χ2v) is 2.20. The van der Waals surface area contributed by atoms with Gasteiger partial charge < -0.3 is 5.32 Å². The van der Waals surface area contributed by atoms with Gasteiger partial charge in [0.1, 0.15) is 0 Å². The number of halogens is 3. The van der Waals surface area contributed by atoms with E-state index in [2.05, 4.69) is 5.32 Å². The second kappa shape index (κ2) is 5.62. The van der Waals surface area contributed by atoms with Crippen LogP contribution >= 0.6 is 11.6 Å². The van der Waals surface area contributed by atoms with Crippen molar-refractivity contribution in [3.63, 3.8) is 0 Å². The molecule has 10 heavy (non-hydrogen) atoms. The van der Waals surface area contributed by atoms with Crippen LogP contribution < -0.4 is 5.32 Å². The van der Waals surface area contributed by atoms with E-state index in [1.807, 2.05) is 0 Å². The van der Waals surface area contributed by atoms with Gasteiger partial charge in [-0.1, -0.05) is 11.6 Å². The molecule has 0 bridgehead atoms. The van der Waals surface area contributed by atoms with Gasteiger partial charge in [0.25, 0.3) is 6.43 Å². The highest BCUT2D eigenvalue weighted by Crippen LogP contribution is 1.93. The van der Waals surface area contributed by atoms with Crippen molar-refractivity contribution in [2.75, 3.05) is 13.1 Å². The van der Waals surface area contributed by atoms with Gasteiger partial charge in [0.15, 0.2) is 0 Å². The molecule has 0 heterocycles. The summed E-state index contributed by atoms with van der Waals surface area (Å²) in [6, 6.07) is 0. The van der Waals surface area contributed by atoms with Crippen LogP contribution in [0.5, 0.6) is 0 Å². The van der Waals surface area contributed by atoms with E-state index in [0.717, 1.165) is 5.57 Å². The average Bonchev–Trinajstić information content (AvgIpc) is 1.87. The third-order valence-electron chi connectivity index (χ3n) is 0.889. The molecule has 60 valence electrons. The quantitative estimate of drug-likeness (QED) is 0.679. The maximum absolute atomic E-state index is 11.5. The Labute approximate surface area is 64.1 Å². The van der Waals surface area contributed by atoms with Crippen molar-refractivity contribution in [1.29, 1.82) is 0 Å². The average molecular weight is 170 g/mol. The first-order chi connectivity index (χ1) is 4.66. The molecular weight excluding hydrogens is 160 g/mol. The van der Waals surface area contributed by atoms with Crippen LogP contribution in [0, 0.1) is 0 Å². The Morgan fingerprint density at radius 1 is 1.70 bits per heavy atom. The van der Waals surface area contributed by atoms with Crippen molar-refractivity contribution in [3.05, 3.63) is 11.1 Å². The van der Waals surface area contributed by atoms with Gasteiger partial charge in [-0.2, -0.15) is 0 Å². The van der Waals surface area contributed by atoms with Gasteiger partial charge in [0.05, 0.1) is 6.54 Å². The Kier molecular flexibility index (Phi) is 5.54. The van der Waals surface area contributed by atoms with Crippen LogP contribution in [0.3, 0.4) is 0 Å². The molecule has 0 rings (SSSR count). The van der Waals surface area contributed by atoms with E-state index in [-0.39, 0.29) is 6.54 Å². The van der Waals surface area contributed by atoms with Crippen molar-refractivity contribution in [3.8, 4) is 0 Å². The summed E-state index contributed by atoms with van der Waals surface area (Å²) in [4.78, 5) is 0. The molecule has 0 atom stereocenters. The highest BCUT2D eigenvalue weighted by molar-refractivity contribution is 6.25. The minimum Gasteiger partial charge on any atom is -0.308 e. The van der Waals surface area contributed by atoms with Crippen molar-refractivity contribution in [1.82, 2.24) is 5.32 Å². The van der Waals surface area contributed by atoms with Crippen molar-refractivity contribution in [2.24, 2.45) is 0 Å². The zero-order valence-corrected chi connectivity index (χ0v) is 6.46. The molecule has 0 aliphatic carbocycles. The first-order valence-electron chi connectivity index (χ1n) is 2.91. The highest BCUT2D eigenvalue weighted by atomic mass is 35.5. The normalized spacial score (nSPS) is 12.7. The third-order valence-corrected chi connectivity index (χ3v) is 1.26. The van der Waals surface area contributed by atoms with Crippen LogP contribution in [0.15, 0.2) is 11.1 Å². The fourth-order valence-corrected chi connectivity index (χ4v) is 0.494.